The molecule has 0 bridgehead atoms. The number of pyridine rings is 1. The number of ether oxygens (including phenoxy) is 2. The fourth-order valence-corrected chi connectivity index (χ4v) is 2.53. The third-order valence-electron chi connectivity index (χ3n) is 3.97. The molecule has 150 valence electrons. The van der Waals surface area contributed by atoms with Crippen LogP contribution in [0.5, 0.6) is 17.4 Å². The van der Waals surface area contributed by atoms with Gasteiger partial charge in [0.05, 0.1) is 12.2 Å². The molecule has 3 aromatic rings. The summed E-state index contributed by atoms with van der Waals surface area (Å²) in [6, 6.07) is 13.2. The number of amides is 1. The molecule has 0 unspecified atom stereocenters. The van der Waals surface area contributed by atoms with E-state index in [0.717, 1.165) is 30.4 Å². The number of benzene rings is 2. The minimum atomic E-state index is -0.794. The maximum Gasteiger partial charge on any atom is 0.254 e. The predicted molar refractivity (Wildman–Crippen MR) is 104 cm³/mol. The second kappa shape index (κ2) is 9.64. The summed E-state index contributed by atoms with van der Waals surface area (Å²) in [5.74, 6) is -0.615. The molecule has 7 heteroatoms. The molecule has 5 nitrogen and oxygen atoms in total. The quantitative estimate of drug-likeness (QED) is 0.588. The zero-order chi connectivity index (χ0) is 20.6. The lowest BCUT2D eigenvalue weighted by Gasteiger charge is -2.12. The lowest BCUT2D eigenvalue weighted by molar-refractivity contribution is 0.0946. The molecule has 0 aliphatic heterocycles. The van der Waals surface area contributed by atoms with E-state index in [1.165, 1.54) is 0 Å². The van der Waals surface area contributed by atoms with Gasteiger partial charge in [-0.25, -0.2) is 13.8 Å². The number of aromatic nitrogens is 1. The van der Waals surface area contributed by atoms with E-state index in [0.29, 0.717) is 23.8 Å². The van der Waals surface area contributed by atoms with Gasteiger partial charge in [-0.05, 0) is 55.0 Å². The molecule has 2 aromatic carbocycles. The van der Waals surface area contributed by atoms with Gasteiger partial charge in [-0.2, -0.15) is 0 Å². The van der Waals surface area contributed by atoms with Crippen LogP contribution in [0.3, 0.4) is 0 Å². The Labute approximate surface area is 167 Å². The third-order valence-corrected chi connectivity index (χ3v) is 3.97. The number of rotatable bonds is 8. The SMILES string of the molecule is CCCOc1ccc(Oc2ncccc2CNC(=O)c2cc(F)ccc2F)cc1. The highest BCUT2D eigenvalue weighted by Crippen LogP contribution is 2.25. The number of halogens is 2. The average Bonchev–Trinajstić information content (AvgIpc) is 2.74. The molecule has 1 amide bonds. The van der Waals surface area contributed by atoms with Crippen LogP contribution in [0.2, 0.25) is 0 Å². The smallest absolute Gasteiger partial charge is 0.254 e. The van der Waals surface area contributed by atoms with Crippen molar-refractivity contribution in [3.63, 3.8) is 0 Å². The summed E-state index contributed by atoms with van der Waals surface area (Å²) in [7, 11) is 0. The second-order valence-electron chi connectivity index (χ2n) is 6.20. The van der Waals surface area contributed by atoms with Crippen molar-refractivity contribution in [1.29, 1.82) is 0 Å². The largest absolute Gasteiger partial charge is 0.494 e. The summed E-state index contributed by atoms with van der Waals surface area (Å²) >= 11 is 0. The lowest BCUT2D eigenvalue weighted by atomic mass is 10.2. The average molecular weight is 398 g/mol. The number of hydrogen-bond donors (Lipinski definition) is 1. The molecule has 0 radical (unpaired) electrons. The Balaban J connectivity index is 1.67. The van der Waals surface area contributed by atoms with Gasteiger partial charge in [0, 0.05) is 18.3 Å². The Morgan fingerprint density at radius 2 is 1.83 bits per heavy atom. The first-order valence-corrected chi connectivity index (χ1v) is 9.14. The van der Waals surface area contributed by atoms with Gasteiger partial charge in [0.2, 0.25) is 5.88 Å². The van der Waals surface area contributed by atoms with Crippen LogP contribution in [0.25, 0.3) is 0 Å². The van der Waals surface area contributed by atoms with Gasteiger partial charge in [0.15, 0.2) is 0 Å². The molecule has 0 atom stereocenters. The van der Waals surface area contributed by atoms with Crippen LogP contribution < -0.4 is 14.8 Å². The van der Waals surface area contributed by atoms with E-state index in [4.69, 9.17) is 9.47 Å². The molecule has 3 rings (SSSR count). The molecule has 29 heavy (non-hydrogen) atoms. The number of nitrogens with zero attached hydrogens (tertiary/aromatic N) is 1. The summed E-state index contributed by atoms with van der Waals surface area (Å²) in [6.07, 6.45) is 2.48. The van der Waals surface area contributed by atoms with E-state index in [-0.39, 0.29) is 12.1 Å². The van der Waals surface area contributed by atoms with Crippen LogP contribution >= 0.6 is 0 Å². The molecular formula is C22H20F2N2O3. The van der Waals surface area contributed by atoms with Crippen molar-refractivity contribution >= 4 is 5.91 Å². The minimum Gasteiger partial charge on any atom is -0.494 e. The first kappa shape index (κ1) is 20.3. The summed E-state index contributed by atoms with van der Waals surface area (Å²) in [4.78, 5) is 16.4. The monoisotopic (exact) mass is 398 g/mol. The zero-order valence-electron chi connectivity index (χ0n) is 15.8. The Hall–Kier alpha value is -3.48. The van der Waals surface area contributed by atoms with Crippen molar-refractivity contribution in [3.05, 3.63) is 83.6 Å². The molecule has 1 heterocycles. The molecular weight excluding hydrogens is 378 g/mol. The summed E-state index contributed by atoms with van der Waals surface area (Å²) < 4.78 is 38.4. The van der Waals surface area contributed by atoms with Crippen LogP contribution in [-0.4, -0.2) is 17.5 Å². The van der Waals surface area contributed by atoms with Gasteiger partial charge in [-0.3, -0.25) is 4.79 Å². The Morgan fingerprint density at radius 3 is 2.59 bits per heavy atom. The predicted octanol–water partition coefficient (Wildman–Crippen LogP) is 4.87. The van der Waals surface area contributed by atoms with Crippen molar-refractivity contribution in [1.82, 2.24) is 10.3 Å². The number of nitrogens with one attached hydrogen (secondary N) is 1. The summed E-state index contributed by atoms with van der Waals surface area (Å²) in [5, 5.41) is 2.56. The van der Waals surface area contributed by atoms with Crippen LogP contribution in [0, 0.1) is 11.6 Å². The second-order valence-corrected chi connectivity index (χ2v) is 6.20. The first-order chi connectivity index (χ1) is 14.1. The van der Waals surface area contributed by atoms with Crippen molar-refractivity contribution in [3.8, 4) is 17.4 Å². The minimum absolute atomic E-state index is 0.0374. The molecule has 0 saturated heterocycles. The Morgan fingerprint density at radius 1 is 1.07 bits per heavy atom. The fraction of sp³-hybridized carbons (Fsp3) is 0.182. The maximum absolute atomic E-state index is 13.7. The maximum atomic E-state index is 13.7. The normalized spacial score (nSPS) is 10.4. The van der Waals surface area contributed by atoms with Crippen molar-refractivity contribution in [2.75, 3.05) is 6.61 Å². The Bertz CT molecular complexity index is 978. The number of carbonyl (C=O) groups is 1. The highest BCUT2D eigenvalue weighted by Gasteiger charge is 2.14. The molecule has 1 aromatic heterocycles. The van der Waals surface area contributed by atoms with E-state index in [1.807, 2.05) is 6.92 Å². The standard InChI is InChI=1S/C22H20F2N2O3/c1-2-12-28-17-6-8-18(9-7-17)29-22-15(4-3-11-25-22)14-26-21(27)19-13-16(23)5-10-20(19)24/h3-11,13H,2,12,14H2,1H3,(H,26,27). The summed E-state index contributed by atoms with van der Waals surface area (Å²) in [5.41, 5.74) is 0.225. The molecule has 0 aliphatic rings. The lowest BCUT2D eigenvalue weighted by Crippen LogP contribution is -2.24. The molecule has 1 N–H and O–H groups in total. The van der Waals surface area contributed by atoms with Crippen molar-refractivity contribution < 1.29 is 23.0 Å². The van der Waals surface area contributed by atoms with E-state index in [9.17, 15) is 13.6 Å². The van der Waals surface area contributed by atoms with Gasteiger partial charge in [-0.1, -0.05) is 13.0 Å². The van der Waals surface area contributed by atoms with Gasteiger partial charge in [0.1, 0.15) is 23.1 Å². The van der Waals surface area contributed by atoms with E-state index in [2.05, 4.69) is 10.3 Å². The van der Waals surface area contributed by atoms with Crippen LogP contribution in [0.1, 0.15) is 29.3 Å². The van der Waals surface area contributed by atoms with Crippen LogP contribution in [0.15, 0.2) is 60.8 Å². The number of carbonyl (C=O) groups excluding carboxylic acids is 1. The van der Waals surface area contributed by atoms with Crippen LogP contribution in [-0.2, 0) is 6.54 Å². The van der Waals surface area contributed by atoms with Gasteiger partial charge in [-0.15, -0.1) is 0 Å². The first-order valence-electron chi connectivity index (χ1n) is 9.14. The topological polar surface area (TPSA) is 60.5 Å². The molecule has 0 fully saturated rings. The molecule has 0 spiro atoms. The molecule has 0 aliphatic carbocycles. The van der Waals surface area contributed by atoms with Gasteiger partial charge < -0.3 is 14.8 Å². The fourth-order valence-electron chi connectivity index (χ4n) is 2.53. The van der Waals surface area contributed by atoms with E-state index < -0.39 is 17.5 Å². The number of hydrogen-bond acceptors (Lipinski definition) is 4. The Kier molecular flexibility index (Phi) is 6.73. The highest BCUT2D eigenvalue weighted by molar-refractivity contribution is 5.94. The van der Waals surface area contributed by atoms with Gasteiger partial charge in [0.25, 0.3) is 5.91 Å². The van der Waals surface area contributed by atoms with E-state index >= 15 is 0 Å². The van der Waals surface area contributed by atoms with Gasteiger partial charge >= 0.3 is 0 Å². The van der Waals surface area contributed by atoms with E-state index in [1.54, 1.807) is 42.6 Å². The highest BCUT2D eigenvalue weighted by atomic mass is 19.1. The van der Waals surface area contributed by atoms with Crippen molar-refractivity contribution in [2.24, 2.45) is 0 Å². The zero-order valence-corrected chi connectivity index (χ0v) is 15.8. The van der Waals surface area contributed by atoms with Crippen molar-refractivity contribution in [2.45, 2.75) is 19.9 Å². The molecule has 0 saturated carbocycles. The van der Waals surface area contributed by atoms with Crippen LogP contribution in [0.4, 0.5) is 8.78 Å². The summed E-state index contributed by atoms with van der Waals surface area (Å²) in [6.45, 7) is 2.70. The third kappa shape index (κ3) is 5.51.